The number of carbonyl (C=O) groups is 1. The van der Waals surface area contributed by atoms with Crippen LogP contribution >= 0.6 is 0 Å². The Hall–Kier alpha value is -1.31. The standard InChI is InChI=1S/C13H19NO.C2H6/c1-2-11-14-13(15)10-6-9-12-7-4-3-5-8-12;1-2/h3-5,7-8H,2,6,9-11H2,1H3,(H,14,15);1-2H3. The molecule has 0 bridgehead atoms. The van der Waals surface area contributed by atoms with E-state index in [0.717, 1.165) is 25.8 Å². The second-order valence-electron chi connectivity index (χ2n) is 3.69. The summed E-state index contributed by atoms with van der Waals surface area (Å²) in [5, 5.41) is 2.88. The van der Waals surface area contributed by atoms with Crippen LogP contribution in [0, 0.1) is 0 Å². The van der Waals surface area contributed by atoms with Crippen LogP contribution in [0.1, 0.15) is 45.6 Å². The number of aryl methyl sites for hydroxylation is 1. The zero-order chi connectivity index (χ0) is 12.9. The molecule has 0 unspecified atom stereocenters. The third kappa shape index (κ3) is 8.49. The fraction of sp³-hybridized carbons (Fsp3) is 0.533. The Labute approximate surface area is 105 Å². The fourth-order valence-corrected chi connectivity index (χ4v) is 1.45. The Morgan fingerprint density at radius 1 is 1.18 bits per heavy atom. The van der Waals surface area contributed by atoms with Crippen molar-refractivity contribution in [3.05, 3.63) is 35.9 Å². The molecule has 1 N–H and O–H groups in total. The number of rotatable bonds is 6. The summed E-state index contributed by atoms with van der Waals surface area (Å²) in [7, 11) is 0. The van der Waals surface area contributed by atoms with Crippen LogP contribution in [0.5, 0.6) is 0 Å². The van der Waals surface area contributed by atoms with Crippen molar-refractivity contribution < 1.29 is 4.79 Å². The predicted molar refractivity (Wildman–Crippen MR) is 74.0 cm³/mol. The first-order chi connectivity index (χ1) is 8.33. The normalized spacial score (nSPS) is 9.12. The first-order valence-electron chi connectivity index (χ1n) is 6.63. The number of hydrogen-bond donors (Lipinski definition) is 1. The van der Waals surface area contributed by atoms with Crippen LogP contribution in [0.15, 0.2) is 30.3 Å². The predicted octanol–water partition coefficient (Wildman–Crippen LogP) is 3.56. The maximum Gasteiger partial charge on any atom is 0.220 e. The van der Waals surface area contributed by atoms with Gasteiger partial charge in [-0.25, -0.2) is 0 Å². The molecule has 0 aromatic heterocycles. The highest BCUT2D eigenvalue weighted by atomic mass is 16.1. The average molecular weight is 235 g/mol. The fourth-order valence-electron chi connectivity index (χ4n) is 1.45. The van der Waals surface area contributed by atoms with E-state index in [1.165, 1.54) is 5.56 Å². The summed E-state index contributed by atoms with van der Waals surface area (Å²) < 4.78 is 0. The molecule has 1 aromatic rings. The number of carbonyl (C=O) groups excluding carboxylic acids is 1. The lowest BCUT2D eigenvalue weighted by atomic mass is 10.1. The Bertz CT molecular complexity index is 282. The second kappa shape index (κ2) is 11.2. The van der Waals surface area contributed by atoms with Gasteiger partial charge in [0, 0.05) is 13.0 Å². The average Bonchev–Trinajstić information content (AvgIpc) is 2.40. The summed E-state index contributed by atoms with van der Waals surface area (Å²) in [4.78, 5) is 11.3. The van der Waals surface area contributed by atoms with Gasteiger partial charge in [-0.05, 0) is 24.8 Å². The van der Waals surface area contributed by atoms with E-state index < -0.39 is 0 Å². The minimum absolute atomic E-state index is 0.174. The number of nitrogens with one attached hydrogen (secondary N) is 1. The monoisotopic (exact) mass is 235 g/mol. The third-order valence-electron chi connectivity index (χ3n) is 2.28. The number of benzene rings is 1. The Kier molecular flexibility index (Phi) is 10.3. The van der Waals surface area contributed by atoms with Gasteiger partial charge in [-0.2, -0.15) is 0 Å². The molecule has 0 saturated carbocycles. The molecule has 0 heterocycles. The van der Waals surface area contributed by atoms with Gasteiger partial charge in [0.2, 0.25) is 5.91 Å². The summed E-state index contributed by atoms with van der Waals surface area (Å²) >= 11 is 0. The molecule has 0 radical (unpaired) electrons. The minimum atomic E-state index is 0.174. The van der Waals surface area contributed by atoms with E-state index in [0.29, 0.717) is 6.42 Å². The van der Waals surface area contributed by atoms with E-state index >= 15 is 0 Å². The molecule has 0 atom stereocenters. The van der Waals surface area contributed by atoms with Crippen molar-refractivity contribution in [2.45, 2.75) is 46.5 Å². The number of hydrogen-bond acceptors (Lipinski definition) is 1. The SMILES string of the molecule is CC.CCCNC(=O)CCCc1ccccc1. The van der Waals surface area contributed by atoms with Crippen LogP contribution in [0.4, 0.5) is 0 Å². The highest BCUT2D eigenvalue weighted by Gasteiger charge is 1.99. The molecule has 17 heavy (non-hydrogen) atoms. The Morgan fingerprint density at radius 2 is 1.82 bits per heavy atom. The molecule has 0 aliphatic rings. The molecule has 0 spiro atoms. The van der Waals surface area contributed by atoms with E-state index in [9.17, 15) is 4.79 Å². The lowest BCUT2D eigenvalue weighted by Crippen LogP contribution is -2.23. The molecule has 0 fully saturated rings. The van der Waals surface area contributed by atoms with Crippen LogP contribution in [-0.4, -0.2) is 12.5 Å². The molecule has 1 rings (SSSR count). The van der Waals surface area contributed by atoms with E-state index in [1.54, 1.807) is 0 Å². The smallest absolute Gasteiger partial charge is 0.220 e. The molecule has 1 amide bonds. The molecule has 1 aromatic carbocycles. The van der Waals surface area contributed by atoms with E-state index in [1.807, 2.05) is 32.0 Å². The zero-order valence-corrected chi connectivity index (χ0v) is 11.3. The molecule has 96 valence electrons. The maximum absolute atomic E-state index is 11.3. The maximum atomic E-state index is 11.3. The van der Waals surface area contributed by atoms with Crippen LogP contribution in [-0.2, 0) is 11.2 Å². The molecule has 0 aliphatic heterocycles. The summed E-state index contributed by atoms with van der Waals surface area (Å²) in [5.74, 6) is 0.174. The molecule has 2 nitrogen and oxygen atoms in total. The minimum Gasteiger partial charge on any atom is -0.356 e. The van der Waals surface area contributed by atoms with Gasteiger partial charge in [-0.1, -0.05) is 51.1 Å². The largest absolute Gasteiger partial charge is 0.356 e. The first kappa shape index (κ1) is 15.7. The van der Waals surface area contributed by atoms with Crippen LogP contribution in [0.25, 0.3) is 0 Å². The van der Waals surface area contributed by atoms with E-state index in [2.05, 4.69) is 24.4 Å². The first-order valence-corrected chi connectivity index (χ1v) is 6.63. The lowest BCUT2D eigenvalue weighted by molar-refractivity contribution is -0.121. The van der Waals surface area contributed by atoms with Gasteiger partial charge >= 0.3 is 0 Å². The molecule has 0 saturated heterocycles. The number of amides is 1. The third-order valence-corrected chi connectivity index (χ3v) is 2.28. The van der Waals surface area contributed by atoms with E-state index in [-0.39, 0.29) is 5.91 Å². The topological polar surface area (TPSA) is 29.1 Å². The quantitative estimate of drug-likeness (QED) is 0.802. The van der Waals surface area contributed by atoms with Crippen molar-refractivity contribution in [3.63, 3.8) is 0 Å². The molecular formula is C15H25NO. The molecular weight excluding hydrogens is 210 g/mol. The van der Waals surface area contributed by atoms with Crippen LogP contribution in [0.3, 0.4) is 0 Å². The van der Waals surface area contributed by atoms with Crippen LogP contribution < -0.4 is 5.32 Å². The van der Waals surface area contributed by atoms with Gasteiger partial charge in [-0.3, -0.25) is 4.79 Å². The van der Waals surface area contributed by atoms with Crippen molar-refractivity contribution in [1.29, 1.82) is 0 Å². The summed E-state index contributed by atoms with van der Waals surface area (Å²) in [6, 6.07) is 10.3. The van der Waals surface area contributed by atoms with Gasteiger partial charge in [-0.15, -0.1) is 0 Å². The van der Waals surface area contributed by atoms with E-state index in [4.69, 9.17) is 0 Å². The van der Waals surface area contributed by atoms with Gasteiger partial charge < -0.3 is 5.32 Å². The van der Waals surface area contributed by atoms with Gasteiger partial charge in [0.25, 0.3) is 0 Å². The lowest BCUT2D eigenvalue weighted by Gasteiger charge is -2.03. The summed E-state index contributed by atoms with van der Waals surface area (Å²) in [6.07, 6.45) is 3.55. The van der Waals surface area contributed by atoms with Crippen molar-refractivity contribution in [2.75, 3.05) is 6.54 Å². The highest BCUT2D eigenvalue weighted by Crippen LogP contribution is 2.04. The Balaban J connectivity index is 0.00000121. The highest BCUT2D eigenvalue weighted by molar-refractivity contribution is 5.75. The zero-order valence-electron chi connectivity index (χ0n) is 11.3. The second-order valence-corrected chi connectivity index (χ2v) is 3.69. The molecule has 0 aliphatic carbocycles. The van der Waals surface area contributed by atoms with Crippen molar-refractivity contribution in [2.24, 2.45) is 0 Å². The van der Waals surface area contributed by atoms with Gasteiger partial charge in [0.1, 0.15) is 0 Å². The van der Waals surface area contributed by atoms with Gasteiger partial charge in [0.05, 0.1) is 0 Å². The van der Waals surface area contributed by atoms with Crippen molar-refractivity contribution in [3.8, 4) is 0 Å². The molecule has 2 heteroatoms. The summed E-state index contributed by atoms with van der Waals surface area (Å²) in [5.41, 5.74) is 1.31. The van der Waals surface area contributed by atoms with Gasteiger partial charge in [0.15, 0.2) is 0 Å². The van der Waals surface area contributed by atoms with Crippen LogP contribution in [0.2, 0.25) is 0 Å². The van der Waals surface area contributed by atoms with Crippen molar-refractivity contribution >= 4 is 5.91 Å². The van der Waals surface area contributed by atoms with Crippen molar-refractivity contribution in [1.82, 2.24) is 5.32 Å². The summed E-state index contributed by atoms with van der Waals surface area (Å²) in [6.45, 7) is 6.86. The Morgan fingerprint density at radius 3 is 2.41 bits per heavy atom.